The van der Waals surface area contributed by atoms with Gasteiger partial charge in [0.15, 0.2) is 0 Å². The number of hydrogen-bond donors (Lipinski definition) is 1. The number of pyridine rings is 2. The summed E-state index contributed by atoms with van der Waals surface area (Å²) in [6.45, 7) is 5.40. The molecule has 2 aromatic heterocycles. The van der Waals surface area contributed by atoms with E-state index in [-0.39, 0.29) is 35.4 Å². The van der Waals surface area contributed by atoms with Crippen LogP contribution in [0.25, 0.3) is 11.0 Å². The number of aromatic nitrogens is 2. The normalized spacial score (nSPS) is 18.3. The van der Waals surface area contributed by atoms with E-state index in [0.717, 1.165) is 44.2 Å². The molecule has 0 spiro atoms. The first-order valence-corrected chi connectivity index (χ1v) is 11.5. The lowest BCUT2D eigenvalue weighted by atomic mass is 9.95. The Morgan fingerprint density at radius 3 is 2.52 bits per heavy atom. The second kappa shape index (κ2) is 9.20. The van der Waals surface area contributed by atoms with Crippen LogP contribution in [0.1, 0.15) is 67.9 Å². The quantitative estimate of drug-likeness (QED) is 0.818. The molecule has 3 heterocycles. The van der Waals surface area contributed by atoms with Gasteiger partial charge in [0, 0.05) is 31.0 Å². The van der Waals surface area contributed by atoms with Crippen LogP contribution in [0.4, 0.5) is 0 Å². The van der Waals surface area contributed by atoms with Crippen molar-refractivity contribution in [2.75, 3.05) is 13.1 Å². The fourth-order valence-electron chi connectivity index (χ4n) is 4.69. The van der Waals surface area contributed by atoms with Crippen LogP contribution in [0.5, 0.6) is 0 Å². The van der Waals surface area contributed by atoms with Crippen molar-refractivity contribution in [3.63, 3.8) is 0 Å². The Hall–Kier alpha value is -2.70. The number of carbonyl (C=O) groups excluding carboxylic acids is 2. The zero-order valence-corrected chi connectivity index (χ0v) is 18.5. The first-order chi connectivity index (χ1) is 14.9. The highest BCUT2D eigenvalue weighted by atomic mass is 16.2. The standard InChI is InChI=1S/C24H32N4O3/c1-16-10-12-27(13-11-16)24(31)20-14-28(15-21(29)26-18-6-4-3-5-7-18)23-19(22(20)30)9-8-17(2)25-23/h8-9,14,16,18H,3-7,10-13,15H2,1-2H3,(H,26,29). The van der Waals surface area contributed by atoms with Gasteiger partial charge in [-0.1, -0.05) is 26.2 Å². The monoisotopic (exact) mass is 424 g/mol. The van der Waals surface area contributed by atoms with Crippen molar-refractivity contribution >= 4 is 22.8 Å². The zero-order chi connectivity index (χ0) is 22.0. The molecule has 2 amide bonds. The molecule has 0 aromatic carbocycles. The van der Waals surface area contributed by atoms with Crippen molar-refractivity contribution in [3.05, 3.63) is 39.8 Å². The molecule has 1 aliphatic carbocycles. The van der Waals surface area contributed by atoms with Gasteiger partial charge in [-0.25, -0.2) is 4.98 Å². The molecule has 4 rings (SSSR count). The minimum Gasteiger partial charge on any atom is -0.352 e. The molecule has 0 bridgehead atoms. The maximum Gasteiger partial charge on any atom is 0.259 e. The van der Waals surface area contributed by atoms with E-state index in [9.17, 15) is 14.4 Å². The van der Waals surface area contributed by atoms with Crippen molar-refractivity contribution in [3.8, 4) is 0 Å². The lowest BCUT2D eigenvalue weighted by Crippen LogP contribution is -2.41. The summed E-state index contributed by atoms with van der Waals surface area (Å²) in [5.74, 6) is 0.235. The van der Waals surface area contributed by atoms with Gasteiger partial charge in [0.25, 0.3) is 5.91 Å². The number of aryl methyl sites for hydroxylation is 1. The van der Waals surface area contributed by atoms with Crippen LogP contribution in [0.15, 0.2) is 23.1 Å². The molecule has 0 radical (unpaired) electrons. The Morgan fingerprint density at radius 1 is 1.10 bits per heavy atom. The van der Waals surface area contributed by atoms with Gasteiger partial charge < -0.3 is 14.8 Å². The van der Waals surface area contributed by atoms with E-state index >= 15 is 0 Å². The average molecular weight is 425 g/mol. The predicted octanol–water partition coefficient (Wildman–Crippen LogP) is 3.03. The van der Waals surface area contributed by atoms with E-state index in [4.69, 9.17) is 0 Å². The van der Waals surface area contributed by atoms with E-state index < -0.39 is 0 Å². The van der Waals surface area contributed by atoms with Crippen LogP contribution in [0.3, 0.4) is 0 Å². The van der Waals surface area contributed by atoms with Gasteiger partial charge in [-0.05, 0) is 50.7 Å². The largest absolute Gasteiger partial charge is 0.352 e. The third-order valence-electron chi connectivity index (χ3n) is 6.65. The molecule has 31 heavy (non-hydrogen) atoms. The van der Waals surface area contributed by atoms with E-state index in [1.54, 1.807) is 21.6 Å². The lowest BCUT2D eigenvalue weighted by molar-refractivity contribution is -0.122. The molecule has 1 N–H and O–H groups in total. The number of nitrogens with one attached hydrogen (secondary N) is 1. The molecule has 1 aliphatic heterocycles. The Bertz CT molecular complexity index is 1030. The molecule has 2 aromatic rings. The highest BCUT2D eigenvalue weighted by Gasteiger charge is 2.25. The average Bonchev–Trinajstić information content (AvgIpc) is 2.76. The van der Waals surface area contributed by atoms with Gasteiger partial charge in [0.1, 0.15) is 17.8 Å². The third kappa shape index (κ3) is 4.81. The second-order valence-electron chi connectivity index (χ2n) is 9.20. The van der Waals surface area contributed by atoms with E-state index in [0.29, 0.717) is 30.0 Å². The lowest BCUT2D eigenvalue weighted by Gasteiger charge is -2.30. The van der Waals surface area contributed by atoms with Crippen molar-refractivity contribution in [2.45, 2.75) is 71.4 Å². The summed E-state index contributed by atoms with van der Waals surface area (Å²) in [4.78, 5) is 45.4. The van der Waals surface area contributed by atoms with Crippen molar-refractivity contribution in [1.82, 2.24) is 19.8 Å². The fourth-order valence-corrected chi connectivity index (χ4v) is 4.69. The molecule has 1 saturated heterocycles. The smallest absolute Gasteiger partial charge is 0.259 e. The van der Waals surface area contributed by atoms with Crippen molar-refractivity contribution in [1.29, 1.82) is 0 Å². The van der Waals surface area contributed by atoms with Crippen LogP contribution in [-0.2, 0) is 11.3 Å². The maximum atomic E-state index is 13.2. The number of fused-ring (bicyclic) bond motifs is 1. The maximum absolute atomic E-state index is 13.2. The summed E-state index contributed by atoms with van der Waals surface area (Å²) >= 11 is 0. The van der Waals surface area contributed by atoms with Gasteiger partial charge in [0.05, 0.1) is 5.39 Å². The van der Waals surface area contributed by atoms with Crippen molar-refractivity contribution < 1.29 is 9.59 Å². The summed E-state index contributed by atoms with van der Waals surface area (Å²) in [5, 5.41) is 3.50. The summed E-state index contributed by atoms with van der Waals surface area (Å²) in [5.41, 5.74) is 1.03. The molecule has 2 fully saturated rings. The fraction of sp³-hybridized carbons (Fsp3) is 0.583. The van der Waals surface area contributed by atoms with Gasteiger partial charge in [-0.2, -0.15) is 0 Å². The first kappa shape index (κ1) is 21.5. The third-order valence-corrected chi connectivity index (χ3v) is 6.65. The van der Waals surface area contributed by atoms with E-state index in [1.165, 1.54) is 12.6 Å². The highest BCUT2D eigenvalue weighted by molar-refractivity contribution is 5.97. The Labute approximate surface area is 182 Å². The van der Waals surface area contributed by atoms with Gasteiger partial charge in [0.2, 0.25) is 11.3 Å². The number of carbonyl (C=O) groups is 2. The van der Waals surface area contributed by atoms with Gasteiger partial charge in [-0.3, -0.25) is 14.4 Å². The summed E-state index contributed by atoms with van der Waals surface area (Å²) in [6, 6.07) is 3.69. The second-order valence-corrected chi connectivity index (χ2v) is 9.20. The number of rotatable bonds is 4. The molecule has 0 unspecified atom stereocenters. The molecule has 7 nitrogen and oxygen atoms in total. The van der Waals surface area contributed by atoms with E-state index in [1.807, 2.05) is 6.92 Å². The zero-order valence-electron chi connectivity index (χ0n) is 18.5. The minimum absolute atomic E-state index is 0.0427. The molecule has 166 valence electrons. The van der Waals surface area contributed by atoms with Crippen LogP contribution < -0.4 is 10.7 Å². The Kier molecular flexibility index (Phi) is 6.39. The number of piperidine rings is 1. The van der Waals surface area contributed by atoms with Crippen molar-refractivity contribution in [2.24, 2.45) is 5.92 Å². The summed E-state index contributed by atoms with van der Waals surface area (Å²) in [7, 11) is 0. The minimum atomic E-state index is -0.310. The number of amides is 2. The van der Waals surface area contributed by atoms with Gasteiger partial charge in [-0.15, -0.1) is 0 Å². The summed E-state index contributed by atoms with van der Waals surface area (Å²) < 4.78 is 1.67. The predicted molar refractivity (Wildman–Crippen MR) is 120 cm³/mol. The first-order valence-electron chi connectivity index (χ1n) is 11.5. The molecule has 2 aliphatic rings. The number of hydrogen-bond acceptors (Lipinski definition) is 4. The molecular formula is C24H32N4O3. The number of likely N-dealkylation sites (tertiary alicyclic amines) is 1. The molecule has 0 atom stereocenters. The van der Waals surface area contributed by atoms with E-state index in [2.05, 4.69) is 17.2 Å². The van der Waals surface area contributed by atoms with Crippen LogP contribution >= 0.6 is 0 Å². The molecule has 7 heteroatoms. The van der Waals surface area contributed by atoms with Crippen LogP contribution in [0, 0.1) is 12.8 Å². The molecular weight excluding hydrogens is 392 g/mol. The van der Waals surface area contributed by atoms with Crippen LogP contribution in [0.2, 0.25) is 0 Å². The van der Waals surface area contributed by atoms with Gasteiger partial charge >= 0.3 is 0 Å². The Morgan fingerprint density at radius 2 is 1.81 bits per heavy atom. The Balaban J connectivity index is 1.65. The van der Waals surface area contributed by atoms with Crippen LogP contribution in [-0.4, -0.2) is 45.4 Å². The SMILES string of the molecule is Cc1ccc2c(=O)c(C(=O)N3CCC(C)CC3)cn(CC(=O)NC3CCCCC3)c2n1. The topological polar surface area (TPSA) is 84.3 Å². The highest BCUT2D eigenvalue weighted by Crippen LogP contribution is 2.20. The molecule has 1 saturated carbocycles. The number of nitrogens with zero attached hydrogens (tertiary/aromatic N) is 3. The summed E-state index contributed by atoms with van der Waals surface area (Å²) in [6.07, 6.45) is 8.93.